The van der Waals surface area contributed by atoms with Gasteiger partial charge in [0.1, 0.15) is 11.5 Å². The van der Waals surface area contributed by atoms with E-state index in [1.54, 1.807) is 23.5 Å². The molecular formula is C22H19FN2OS. The number of nitrogens with one attached hydrogen (secondary N) is 1. The van der Waals surface area contributed by atoms with Crippen LogP contribution in [0.5, 0.6) is 0 Å². The second-order valence-corrected chi connectivity index (χ2v) is 7.80. The van der Waals surface area contributed by atoms with Crippen LogP contribution in [0, 0.1) is 12.7 Å². The van der Waals surface area contributed by atoms with Gasteiger partial charge in [0, 0.05) is 18.0 Å². The Bertz CT molecular complexity index is 1080. The van der Waals surface area contributed by atoms with Crippen molar-refractivity contribution in [1.82, 2.24) is 9.88 Å². The molecule has 4 rings (SSSR count). The molecule has 0 aliphatic rings. The highest BCUT2D eigenvalue weighted by Gasteiger charge is 2.17. The molecule has 0 bridgehead atoms. The van der Waals surface area contributed by atoms with Gasteiger partial charge in [-0.3, -0.25) is 4.79 Å². The van der Waals surface area contributed by atoms with Crippen LogP contribution in [0.4, 0.5) is 4.39 Å². The van der Waals surface area contributed by atoms with Gasteiger partial charge in [0.25, 0.3) is 5.91 Å². The Morgan fingerprint density at radius 3 is 2.52 bits per heavy atom. The number of hydrogen-bond donors (Lipinski definition) is 1. The van der Waals surface area contributed by atoms with Crippen LogP contribution in [0.25, 0.3) is 10.2 Å². The molecule has 0 aliphatic heterocycles. The number of benzene rings is 2. The summed E-state index contributed by atoms with van der Waals surface area (Å²) in [6.07, 6.45) is 0. The first-order chi connectivity index (χ1) is 13.1. The van der Waals surface area contributed by atoms with E-state index in [-0.39, 0.29) is 11.7 Å². The first kappa shape index (κ1) is 17.5. The second kappa shape index (κ2) is 7.37. The maximum atomic E-state index is 13.2. The lowest BCUT2D eigenvalue weighted by molar-refractivity contribution is 0.0942. The number of hydrogen-bond acceptors (Lipinski definition) is 2. The zero-order valence-corrected chi connectivity index (χ0v) is 15.7. The lowest BCUT2D eigenvalue weighted by atomic mass is 10.2. The van der Waals surface area contributed by atoms with Gasteiger partial charge in [0.05, 0.1) is 10.2 Å². The van der Waals surface area contributed by atoms with Gasteiger partial charge in [-0.15, -0.1) is 11.3 Å². The van der Waals surface area contributed by atoms with Crippen molar-refractivity contribution in [3.63, 3.8) is 0 Å². The molecule has 136 valence electrons. The molecule has 2 aromatic heterocycles. The van der Waals surface area contributed by atoms with Gasteiger partial charge in [0.2, 0.25) is 0 Å². The van der Waals surface area contributed by atoms with Gasteiger partial charge >= 0.3 is 0 Å². The van der Waals surface area contributed by atoms with E-state index >= 15 is 0 Å². The molecule has 4 aromatic rings. The van der Waals surface area contributed by atoms with Crippen LogP contribution in [0.2, 0.25) is 0 Å². The van der Waals surface area contributed by atoms with E-state index in [4.69, 9.17) is 0 Å². The predicted molar refractivity (Wildman–Crippen MR) is 108 cm³/mol. The lowest BCUT2D eigenvalue weighted by Crippen LogP contribution is -2.25. The number of fused-ring (bicyclic) bond motifs is 1. The number of amides is 1. The first-order valence-corrected chi connectivity index (χ1v) is 9.58. The summed E-state index contributed by atoms with van der Waals surface area (Å²) < 4.78 is 16.3. The van der Waals surface area contributed by atoms with Gasteiger partial charge in [0.15, 0.2) is 0 Å². The maximum absolute atomic E-state index is 13.2. The van der Waals surface area contributed by atoms with Crippen molar-refractivity contribution in [1.29, 1.82) is 0 Å². The molecule has 2 heterocycles. The van der Waals surface area contributed by atoms with E-state index in [0.29, 0.717) is 18.8 Å². The minimum Gasteiger partial charge on any atom is -0.347 e. The smallest absolute Gasteiger partial charge is 0.268 e. The molecule has 27 heavy (non-hydrogen) atoms. The van der Waals surface area contributed by atoms with Crippen LogP contribution in [0.3, 0.4) is 0 Å². The van der Waals surface area contributed by atoms with Crippen molar-refractivity contribution in [2.24, 2.45) is 0 Å². The third-order valence-electron chi connectivity index (χ3n) is 4.50. The standard InChI is InChI=1S/C22H19FN2OS/c1-15-11-19-21(27-15)12-20(22(26)24-13-16-5-3-2-4-6-16)25(19)14-17-7-9-18(23)10-8-17/h2-12H,13-14H2,1H3,(H,24,26). The average molecular weight is 378 g/mol. The number of halogens is 1. The first-order valence-electron chi connectivity index (χ1n) is 8.76. The Hall–Kier alpha value is -2.92. The summed E-state index contributed by atoms with van der Waals surface area (Å²) in [6, 6.07) is 20.3. The van der Waals surface area contributed by atoms with Crippen molar-refractivity contribution in [3.05, 3.63) is 94.2 Å². The van der Waals surface area contributed by atoms with E-state index in [2.05, 4.69) is 18.3 Å². The third-order valence-corrected chi connectivity index (χ3v) is 5.48. The molecular weight excluding hydrogens is 359 g/mol. The fourth-order valence-corrected chi connectivity index (χ4v) is 4.13. The highest BCUT2D eigenvalue weighted by Crippen LogP contribution is 2.29. The van der Waals surface area contributed by atoms with Gasteiger partial charge < -0.3 is 9.88 Å². The average Bonchev–Trinajstić information content (AvgIpc) is 3.19. The quantitative estimate of drug-likeness (QED) is 0.513. The molecule has 3 nitrogen and oxygen atoms in total. The molecule has 0 atom stereocenters. The van der Waals surface area contributed by atoms with E-state index in [1.807, 2.05) is 41.0 Å². The zero-order chi connectivity index (χ0) is 18.8. The summed E-state index contributed by atoms with van der Waals surface area (Å²) in [6.45, 7) is 3.06. The third kappa shape index (κ3) is 3.78. The molecule has 0 spiro atoms. The summed E-state index contributed by atoms with van der Waals surface area (Å²) in [5.41, 5.74) is 3.67. The normalized spacial score (nSPS) is 11.0. The Morgan fingerprint density at radius 1 is 1.04 bits per heavy atom. The van der Waals surface area contributed by atoms with Crippen molar-refractivity contribution in [2.45, 2.75) is 20.0 Å². The fraction of sp³-hybridized carbons (Fsp3) is 0.136. The Morgan fingerprint density at radius 2 is 1.78 bits per heavy atom. The molecule has 0 aliphatic carbocycles. The van der Waals surface area contributed by atoms with Gasteiger partial charge in [-0.2, -0.15) is 0 Å². The summed E-state index contributed by atoms with van der Waals surface area (Å²) in [5.74, 6) is -0.370. The van der Waals surface area contributed by atoms with E-state index in [9.17, 15) is 9.18 Å². The van der Waals surface area contributed by atoms with Gasteiger partial charge in [-0.05, 0) is 42.3 Å². The molecule has 1 amide bonds. The summed E-state index contributed by atoms with van der Waals surface area (Å²) in [5, 5.41) is 3.00. The van der Waals surface area contributed by atoms with Gasteiger partial charge in [-0.1, -0.05) is 42.5 Å². The zero-order valence-electron chi connectivity index (χ0n) is 14.9. The minimum atomic E-state index is -0.261. The van der Waals surface area contributed by atoms with E-state index in [0.717, 1.165) is 21.3 Å². The molecule has 0 unspecified atom stereocenters. The number of aromatic nitrogens is 1. The van der Waals surface area contributed by atoms with Gasteiger partial charge in [-0.25, -0.2) is 4.39 Å². The number of thiophene rings is 1. The Labute approximate surface area is 161 Å². The van der Waals surface area contributed by atoms with Crippen LogP contribution in [0.1, 0.15) is 26.5 Å². The number of carbonyl (C=O) groups is 1. The Balaban J connectivity index is 1.64. The number of carbonyl (C=O) groups excluding carboxylic acids is 1. The fourth-order valence-electron chi connectivity index (χ4n) is 3.16. The van der Waals surface area contributed by atoms with Crippen LogP contribution in [-0.4, -0.2) is 10.5 Å². The molecule has 5 heteroatoms. The monoisotopic (exact) mass is 378 g/mol. The highest BCUT2D eigenvalue weighted by atomic mass is 32.1. The van der Waals surface area contributed by atoms with Crippen molar-refractivity contribution >= 4 is 27.5 Å². The van der Waals surface area contributed by atoms with Crippen LogP contribution in [0.15, 0.2) is 66.7 Å². The summed E-state index contributed by atoms with van der Waals surface area (Å²) >= 11 is 1.67. The molecule has 0 saturated carbocycles. The lowest BCUT2D eigenvalue weighted by Gasteiger charge is -2.11. The second-order valence-electron chi connectivity index (χ2n) is 6.52. The summed E-state index contributed by atoms with van der Waals surface area (Å²) in [4.78, 5) is 14.0. The van der Waals surface area contributed by atoms with Crippen molar-refractivity contribution < 1.29 is 9.18 Å². The van der Waals surface area contributed by atoms with Crippen LogP contribution < -0.4 is 5.32 Å². The predicted octanol–water partition coefficient (Wildman–Crippen LogP) is 5.13. The maximum Gasteiger partial charge on any atom is 0.268 e. The number of rotatable bonds is 5. The van der Waals surface area contributed by atoms with E-state index in [1.165, 1.54) is 17.0 Å². The molecule has 1 N–H and O–H groups in total. The van der Waals surface area contributed by atoms with Crippen molar-refractivity contribution in [3.8, 4) is 0 Å². The SMILES string of the molecule is Cc1cc2c(cc(C(=O)NCc3ccccc3)n2Cc2ccc(F)cc2)s1. The van der Waals surface area contributed by atoms with Crippen molar-refractivity contribution in [2.75, 3.05) is 0 Å². The molecule has 0 radical (unpaired) electrons. The van der Waals surface area contributed by atoms with Crippen LogP contribution >= 0.6 is 11.3 Å². The number of aryl methyl sites for hydroxylation is 1. The Kier molecular flexibility index (Phi) is 4.77. The highest BCUT2D eigenvalue weighted by molar-refractivity contribution is 7.19. The van der Waals surface area contributed by atoms with E-state index < -0.39 is 0 Å². The molecule has 0 fully saturated rings. The number of nitrogens with zero attached hydrogens (tertiary/aromatic N) is 1. The topological polar surface area (TPSA) is 34.0 Å². The largest absolute Gasteiger partial charge is 0.347 e. The molecule has 2 aromatic carbocycles. The summed E-state index contributed by atoms with van der Waals surface area (Å²) in [7, 11) is 0. The minimum absolute atomic E-state index is 0.109. The van der Waals surface area contributed by atoms with Crippen LogP contribution in [-0.2, 0) is 13.1 Å². The molecule has 0 saturated heterocycles.